The van der Waals surface area contributed by atoms with Crippen LogP contribution in [0.3, 0.4) is 0 Å². The topological polar surface area (TPSA) is 123 Å². The number of benzene rings is 4. The third-order valence-corrected chi connectivity index (χ3v) is 11.7. The van der Waals surface area contributed by atoms with Crippen LogP contribution in [0.1, 0.15) is 12.8 Å². The minimum atomic E-state index is -0.779. The van der Waals surface area contributed by atoms with E-state index in [9.17, 15) is 24.6 Å². The molecular weight excluding hydrogens is 731 g/mol. The molecule has 2 N–H and O–H groups in total. The molecule has 4 aromatic rings. The van der Waals surface area contributed by atoms with Gasteiger partial charge in [0.15, 0.2) is 13.2 Å². The van der Waals surface area contributed by atoms with Gasteiger partial charge in [-0.15, -0.1) is 0 Å². The van der Waals surface area contributed by atoms with Crippen LogP contribution in [0.4, 0.5) is 11.4 Å². The standard InChI is InChI=1S/C41H40Cl2N4O7/c42-39-29(25-7-9-33-35(19-25)53-23-37(49)46(33)17-15-44-13-11-27(21-44)41(51)52)3-1-5-31(39)32-6-2-4-30(40(32)43)26-8-10-34-36(20-26)54-24-38(50)47(34)18-16-45-14-12-28(48)22-45/h1-10,19-20,27-28,48H,11-18,21-24H2,(H,51,52). The summed E-state index contributed by atoms with van der Waals surface area (Å²) in [6.07, 6.45) is 1.04. The van der Waals surface area contributed by atoms with Gasteiger partial charge >= 0.3 is 5.97 Å². The summed E-state index contributed by atoms with van der Waals surface area (Å²) in [4.78, 5) is 44.9. The number of aliphatic hydroxyl groups is 1. The molecule has 0 aromatic heterocycles. The van der Waals surface area contributed by atoms with Crippen LogP contribution in [-0.4, -0.2) is 109 Å². The lowest BCUT2D eigenvalue weighted by molar-refractivity contribution is -0.141. The van der Waals surface area contributed by atoms with E-state index in [2.05, 4.69) is 9.80 Å². The molecule has 2 saturated heterocycles. The third kappa shape index (κ3) is 7.14. The van der Waals surface area contributed by atoms with Crippen molar-refractivity contribution >= 4 is 52.4 Å². The minimum absolute atomic E-state index is 0.0507. The maximum Gasteiger partial charge on any atom is 0.307 e. The quantitative estimate of drug-likeness (QED) is 0.203. The number of likely N-dealkylation sites (tertiary alicyclic amines) is 2. The van der Waals surface area contributed by atoms with Crippen molar-refractivity contribution < 1.29 is 34.1 Å². The van der Waals surface area contributed by atoms with Crippen molar-refractivity contribution in [3.8, 4) is 44.9 Å². The molecule has 0 radical (unpaired) electrons. The number of hydrogen-bond acceptors (Lipinski definition) is 8. The van der Waals surface area contributed by atoms with Crippen LogP contribution in [0.2, 0.25) is 10.0 Å². The zero-order valence-electron chi connectivity index (χ0n) is 29.5. The normalized spacial score (nSPS) is 20.1. The molecule has 2 fully saturated rings. The highest BCUT2D eigenvalue weighted by Crippen LogP contribution is 2.45. The Kier molecular flexibility index (Phi) is 10.3. The molecule has 54 heavy (non-hydrogen) atoms. The van der Waals surface area contributed by atoms with E-state index in [0.717, 1.165) is 46.3 Å². The molecule has 4 aliphatic rings. The van der Waals surface area contributed by atoms with E-state index < -0.39 is 5.97 Å². The predicted molar refractivity (Wildman–Crippen MR) is 208 cm³/mol. The molecule has 4 aromatic carbocycles. The summed E-state index contributed by atoms with van der Waals surface area (Å²) in [5.41, 5.74) is 6.09. The zero-order valence-corrected chi connectivity index (χ0v) is 31.1. The lowest BCUT2D eigenvalue weighted by atomic mass is 9.95. The number of ether oxygens (including phenoxy) is 2. The summed E-state index contributed by atoms with van der Waals surface area (Å²) in [6, 6.07) is 23.0. The number of carbonyl (C=O) groups is 3. The monoisotopic (exact) mass is 770 g/mol. The number of hydrogen-bond donors (Lipinski definition) is 2. The van der Waals surface area contributed by atoms with Gasteiger partial charge < -0.3 is 34.4 Å². The van der Waals surface area contributed by atoms with Gasteiger partial charge in [-0.1, -0.05) is 71.7 Å². The van der Waals surface area contributed by atoms with E-state index in [1.54, 1.807) is 9.80 Å². The van der Waals surface area contributed by atoms with Gasteiger partial charge in [0.25, 0.3) is 11.8 Å². The first-order valence-electron chi connectivity index (χ1n) is 18.2. The Bertz CT molecular complexity index is 2130. The first kappa shape index (κ1) is 36.3. The van der Waals surface area contributed by atoms with Gasteiger partial charge in [-0.25, -0.2) is 0 Å². The SMILES string of the molecule is O=C(O)C1CCN(CCN2C(=O)COc3cc(-c4cccc(-c5cccc(-c6ccc7c(c6)OCC(=O)N7CCN6CCC(O)C6)c5Cl)c4Cl)ccc32)C1. The van der Waals surface area contributed by atoms with Crippen LogP contribution < -0.4 is 19.3 Å². The fourth-order valence-electron chi connectivity index (χ4n) is 7.90. The highest BCUT2D eigenvalue weighted by atomic mass is 35.5. The van der Waals surface area contributed by atoms with Crippen LogP contribution in [-0.2, 0) is 14.4 Å². The fourth-order valence-corrected chi connectivity index (χ4v) is 8.57. The number of rotatable bonds is 10. The average Bonchev–Trinajstić information content (AvgIpc) is 3.83. The van der Waals surface area contributed by atoms with Gasteiger partial charge in [-0.05, 0) is 54.8 Å². The van der Waals surface area contributed by atoms with Crippen molar-refractivity contribution in [1.82, 2.24) is 9.80 Å². The van der Waals surface area contributed by atoms with Gasteiger partial charge in [0, 0.05) is 68.1 Å². The number of carboxylic acids is 1. The van der Waals surface area contributed by atoms with Crippen molar-refractivity contribution in [2.24, 2.45) is 5.92 Å². The van der Waals surface area contributed by atoms with Crippen LogP contribution >= 0.6 is 23.2 Å². The summed E-state index contributed by atoms with van der Waals surface area (Å²) in [7, 11) is 0. The number of anilines is 2. The number of nitrogens with zero attached hydrogens (tertiary/aromatic N) is 4. The van der Waals surface area contributed by atoms with Crippen molar-refractivity contribution in [3.05, 3.63) is 82.8 Å². The number of fused-ring (bicyclic) bond motifs is 2. The van der Waals surface area contributed by atoms with Crippen LogP contribution in [0.25, 0.3) is 33.4 Å². The molecule has 0 aliphatic carbocycles. The Morgan fingerprint density at radius 2 is 1.15 bits per heavy atom. The number of β-amino-alcohol motifs (C(OH)–C–C–N with tert-alkyl or cyclic N) is 1. The fraction of sp³-hybridized carbons (Fsp3) is 0.341. The highest BCUT2D eigenvalue weighted by molar-refractivity contribution is 6.39. The smallest absolute Gasteiger partial charge is 0.307 e. The van der Waals surface area contributed by atoms with E-state index in [1.165, 1.54) is 0 Å². The van der Waals surface area contributed by atoms with Crippen molar-refractivity contribution in [1.29, 1.82) is 0 Å². The highest BCUT2D eigenvalue weighted by Gasteiger charge is 2.32. The van der Waals surface area contributed by atoms with Crippen LogP contribution in [0.5, 0.6) is 11.5 Å². The second-order valence-corrected chi connectivity index (χ2v) is 15.0. The number of carbonyl (C=O) groups excluding carboxylic acids is 2. The molecule has 0 saturated carbocycles. The predicted octanol–water partition coefficient (Wildman–Crippen LogP) is 5.92. The maximum atomic E-state index is 12.9. The molecular formula is C41H40Cl2N4O7. The Morgan fingerprint density at radius 3 is 1.61 bits per heavy atom. The van der Waals surface area contributed by atoms with Crippen molar-refractivity contribution in [2.75, 3.05) is 75.4 Å². The van der Waals surface area contributed by atoms with Gasteiger partial charge in [-0.3, -0.25) is 19.3 Å². The number of carboxylic acid groups (broad SMARTS) is 1. The summed E-state index contributed by atoms with van der Waals surface area (Å²) in [5.74, 6) is -0.219. The van der Waals surface area contributed by atoms with Gasteiger partial charge in [0.2, 0.25) is 0 Å². The molecule has 2 atom stereocenters. The second kappa shape index (κ2) is 15.2. The lowest BCUT2D eigenvalue weighted by Crippen LogP contribution is -2.43. The van der Waals surface area contributed by atoms with E-state index in [4.69, 9.17) is 32.7 Å². The zero-order chi connectivity index (χ0) is 37.5. The summed E-state index contributed by atoms with van der Waals surface area (Å²) >= 11 is 14.3. The molecule has 11 nitrogen and oxygen atoms in total. The molecule has 2 amide bonds. The Hall–Kier alpha value is -4.65. The largest absolute Gasteiger partial charge is 0.482 e. The van der Waals surface area contributed by atoms with E-state index in [0.29, 0.717) is 85.2 Å². The molecule has 2 unspecified atom stereocenters. The van der Waals surface area contributed by atoms with Crippen molar-refractivity contribution in [2.45, 2.75) is 18.9 Å². The van der Waals surface area contributed by atoms with Gasteiger partial charge in [0.1, 0.15) is 11.5 Å². The number of halogens is 2. The number of aliphatic carboxylic acids is 1. The molecule has 8 rings (SSSR count). The Morgan fingerprint density at radius 1 is 0.667 bits per heavy atom. The first-order chi connectivity index (χ1) is 26.1. The van der Waals surface area contributed by atoms with Gasteiger partial charge in [0.05, 0.1) is 33.4 Å². The van der Waals surface area contributed by atoms with E-state index in [-0.39, 0.29) is 37.0 Å². The lowest BCUT2D eigenvalue weighted by Gasteiger charge is -2.31. The Labute approximate surface area is 323 Å². The maximum absolute atomic E-state index is 12.9. The molecule has 4 heterocycles. The van der Waals surface area contributed by atoms with Crippen LogP contribution in [0, 0.1) is 5.92 Å². The second-order valence-electron chi connectivity index (χ2n) is 14.2. The number of aliphatic hydroxyl groups excluding tert-OH is 1. The van der Waals surface area contributed by atoms with Gasteiger partial charge in [-0.2, -0.15) is 0 Å². The molecule has 0 bridgehead atoms. The summed E-state index contributed by atoms with van der Waals surface area (Å²) < 4.78 is 11.8. The van der Waals surface area contributed by atoms with E-state index >= 15 is 0 Å². The first-order valence-corrected chi connectivity index (χ1v) is 19.0. The van der Waals surface area contributed by atoms with Crippen molar-refractivity contribution in [3.63, 3.8) is 0 Å². The number of amides is 2. The summed E-state index contributed by atoms with van der Waals surface area (Å²) in [5, 5.41) is 20.3. The molecule has 4 aliphatic heterocycles. The summed E-state index contributed by atoms with van der Waals surface area (Å²) in [6.45, 7) is 4.66. The Balaban J connectivity index is 1.02. The van der Waals surface area contributed by atoms with E-state index in [1.807, 2.05) is 72.8 Å². The van der Waals surface area contributed by atoms with Crippen LogP contribution in [0.15, 0.2) is 72.8 Å². The minimum Gasteiger partial charge on any atom is -0.482 e. The molecule has 13 heteroatoms. The average molecular weight is 772 g/mol. The molecule has 0 spiro atoms. The molecule has 280 valence electrons. The third-order valence-electron chi connectivity index (χ3n) is 10.9.